The molecule has 1 unspecified atom stereocenters. The lowest BCUT2D eigenvalue weighted by atomic mass is 10.2. The normalized spacial score (nSPS) is 21.3. The molecular weight excluding hydrogens is 320 g/mol. The van der Waals surface area contributed by atoms with Gasteiger partial charge in [-0.05, 0) is 18.9 Å². The Labute approximate surface area is 133 Å². The van der Waals surface area contributed by atoms with E-state index in [1.54, 1.807) is 15.6 Å². The minimum Gasteiger partial charge on any atom is -0.369 e. The van der Waals surface area contributed by atoms with Crippen molar-refractivity contribution in [1.29, 1.82) is 0 Å². The molecule has 1 aliphatic heterocycles. The first-order valence-corrected chi connectivity index (χ1v) is 9.10. The Morgan fingerprint density at radius 2 is 2.26 bits per heavy atom. The third kappa shape index (κ3) is 2.77. The molecule has 1 saturated carbocycles. The Balaban J connectivity index is 1.46. The van der Waals surface area contributed by atoms with Crippen LogP contribution in [-0.4, -0.2) is 51.1 Å². The second kappa shape index (κ2) is 5.39. The number of aromatic nitrogens is 5. The first-order valence-electron chi connectivity index (χ1n) is 7.55. The van der Waals surface area contributed by atoms with E-state index < -0.39 is 10.0 Å². The zero-order valence-electron chi connectivity index (χ0n) is 12.7. The second-order valence-electron chi connectivity index (χ2n) is 5.93. The van der Waals surface area contributed by atoms with Crippen molar-refractivity contribution in [1.82, 2.24) is 29.5 Å². The summed E-state index contributed by atoms with van der Waals surface area (Å²) in [5, 5.41) is 12.3. The van der Waals surface area contributed by atoms with Gasteiger partial charge in [-0.15, -0.1) is 5.10 Å². The van der Waals surface area contributed by atoms with Crippen molar-refractivity contribution in [2.24, 2.45) is 7.05 Å². The van der Waals surface area contributed by atoms with Gasteiger partial charge in [0.2, 0.25) is 10.0 Å². The molecule has 4 rings (SSSR count). The van der Waals surface area contributed by atoms with E-state index in [1.165, 1.54) is 0 Å². The number of nitrogens with zero attached hydrogens (tertiary/aromatic N) is 5. The Kier molecular flexibility index (Phi) is 3.47. The molecule has 0 amide bonds. The highest BCUT2D eigenvalue weighted by Crippen LogP contribution is 2.28. The summed E-state index contributed by atoms with van der Waals surface area (Å²) < 4.78 is 35.7. The first-order chi connectivity index (χ1) is 11.0. The maximum atomic E-state index is 11.9. The number of sulfonamides is 1. The average molecular weight is 338 g/mol. The number of hydrogen-bond donors (Lipinski definition) is 1. The zero-order valence-corrected chi connectivity index (χ0v) is 13.5. The summed E-state index contributed by atoms with van der Waals surface area (Å²) in [6, 6.07) is 1.88. The molecule has 23 heavy (non-hydrogen) atoms. The van der Waals surface area contributed by atoms with Crippen LogP contribution in [0.5, 0.6) is 0 Å². The smallest absolute Gasteiger partial charge is 0.214 e. The molecular formula is C13H18N6O3S. The van der Waals surface area contributed by atoms with Crippen LogP contribution in [0.1, 0.15) is 18.5 Å². The van der Waals surface area contributed by atoms with Gasteiger partial charge in [0.15, 0.2) is 0 Å². The SMILES string of the molecule is Cn1nccc1-c1nnn2c1COC(CNS(=O)(=O)C1CC1)C2. The van der Waals surface area contributed by atoms with Crippen LogP contribution in [0.4, 0.5) is 0 Å². The summed E-state index contributed by atoms with van der Waals surface area (Å²) >= 11 is 0. The quantitative estimate of drug-likeness (QED) is 0.800. The van der Waals surface area contributed by atoms with Crippen LogP contribution < -0.4 is 4.72 Å². The van der Waals surface area contributed by atoms with Crippen LogP contribution in [-0.2, 0) is 35.0 Å². The molecule has 2 aromatic rings. The number of ether oxygens (including phenoxy) is 1. The predicted molar refractivity (Wildman–Crippen MR) is 80.7 cm³/mol. The molecule has 0 saturated heterocycles. The van der Waals surface area contributed by atoms with E-state index in [0.29, 0.717) is 13.2 Å². The maximum Gasteiger partial charge on any atom is 0.214 e. The lowest BCUT2D eigenvalue weighted by Crippen LogP contribution is -2.40. The van der Waals surface area contributed by atoms with Crippen molar-refractivity contribution in [3.05, 3.63) is 18.0 Å². The summed E-state index contributed by atoms with van der Waals surface area (Å²) in [5.74, 6) is 0. The van der Waals surface area contributed by atoms with Gasteiger partial charge in [-0.1, -0.05) is 5.21 Å². The van der Waals surface area contributed by atoms with Crippen LogP contribution in [0.25, 0.3) is 11.4 Å². The van der Waals surface area contributed by atoms with Crippen molar-refractivity contribution in [2.45, 2.75) is 37.3 Å². The molecule has 9 nitrogen and oxygen atoms in total. The van der Waals surface area contributed by atoms with Crippen molar-refractivity contribution >= 4 is 10.0 Å². The lowest BCUT2D eigenvalue weighted by Gasteiger charge is -2.24. The minimum absolute atomic E-state index is 0.218. The van der Waals surface area contributed by atoms with Crippen molar-refractivity contribution < 1.29 is 13.2 Å². The van der Waals surface area contributed by atoms with Gasteiger partial charge < -0.3 is 4.74 Å². The van der Waals surface area contributed by atoms with Crippen molar-refractivity contribution in [3.63, 3.8) is 0 Å². The van der Waals surface area contributed by atoms with Gasteiger partial charge in [-0.25, -0.2) is 17.8 Å². The largest absolute Gasteiger partial charge is 0.369 e. The highest BCUT2D eigenvalue weighted by molar-refractivity contribution is 7.90. The lowest BCUT2D eigenvalue weighted by molar-refractivity contribution is 0.00429. The molecule has 1 aliphatic carbocycles. The monoisotopic (exact) mass is 338 g/mol. The Morgan fingerprint density at radius 1 is 1.43 bits per heavy atom. The summed E-state index contributed by atoms with van der Waals surface area (Å²) in [6.45, 7) is 1.09. The van der Waals surface area contributed by atoms with E-state index in [2.05, 4.69) is 20.1 Å². The van der Waals surface area contributed by atoms with Crippen LogP contribution in [0, 0.1) is 0 Å². The molecule has 1 N–H and O–H groups in total. The van der Waals surface area contributed by atoms with Gasteiger partial charge in [0.1, 0.15) is 5.69 Å². The zero-order chi connectivity index (χ0) is 16.0. The van der Waals surface area contributed by atoms with Crippen LogP contribution in [0.15, 0.2) is 12.3 Å². The molecule has 3 heterocycles. The first kappa shape index (κ1) is 14.8. The molecule has 0 aromatic carbocycles. The van der Waals surface area contributed by atoms with E-state index in [4.69, 9.17) is 4.74 Å². The molecule has 1 fully saturated rings. The van der Waals surface area contributed by atoms with Crippen LogP contribution >= 0.6 is 0 Å². The Hall–Kier alpha value is -1.78. The fraction of sp³-hybridized carbons (Fsp3) is 0.615. The van der Waals surface area contributed by atoms with E-state index in [0.717, 1.165) is 29.9 Å². The molecule has 0 spiro atoms. The molecule has 10 heteroatoms. The molecule has 124 valence electrons. The average Bonchev–Trinajstić information content (AvgIpc) is 3.20. The molecule has 0 bridgehead atoms. The van der Waals surface area contributed by atoms with Crippen molar-refractivity contribution in [2.75, 3.05) is 6.54 Å². The van der Waals surface area contributed by atoms with Gasteiger partial charge in [0, 0.05) is 19.8 Å². The summed E-state index contributed by atoms with van der Waals surface area (Å²) in [5.41, 5.74) is 2.51. The van der Waals surface area contributed by atoms with Crippen LogP contribution in [0.3, 0.4) is 0 Å². The topological polar surface area (TPSA) is 104 Å². The minimum atomic E-state index is -3.19. The second-order valence-corrected chi connectivity index (χ2v) is 7.98. The number of nitrogens with one attached hydrogen (secondary N) is 1. The number of hydrogen-bond acceptors (Lipinski definition) is 6. The standard InChI is InChI=1S/C13H18N6O3S/c1-18-11(4-5-14-18)13-12-8-22-9(7-19(12)17-16-13)6-15-23(20,21)10-2-3-10/h4-5,9-10,15H,2-3,6-8H2,1H3. The fourth-order valence-electron chi connectivity index (χ4n) is 2.70. The van der Waals surface area contributed by atoms with Gasteiger partial charge in [-0.3, -0.25) is 4.68 Å². The third-order valence-electron chi connectivity index (χ3n) is 4.21. The molecule has 2 aliphatic rings. The Morgan fingerprint density at radius 3 is 2.96 bits per heavy atom. The van der Waals surface area contributed by atoms with Crippen molar-refractivity contribution in [3.8, 4) is 11.4 Å². The molecule has 1 atom stereocenters. The van der Waals surface area contributed by atoms with E-state index in [1.807, 2.05) is 13.1 Å². The predicted octanol–water partition coefficient (Wildman–Crippen LogP) is -0.341. The van der Waals surface area contributed by atoms with Gasteiger partial charge >= 0.3 is 0 Å². The summed E-state index contributed by atoms with van der Waals surface area (Å²) in [7, 11) is -1.34. The van der Waals surface area contributed by atoms with Gasteiger partial charge in [-0.2, -0.15) is 5.10 Å². The third-order valence-corrected chi connectivity index (χ3v) is 6.13. The van der Waals surface area contributed by atoms with E-state index >= 15 is 0 Å². The highest BCUT2D eigenvalue weighted by Gasteiger charge is 2.36. The maximum absolute atomic E-state index is 11.9. The summed E-state index contributed by atoms with van der Waals surface area (Å²) in [6.07, 6.45) is 2.97. The van der Waals surface area contributed by atoms with Gasteiger partial charge in [0.25, 0.3) is 0 Å². The number of fused-ring (bicyclic) bond motifs is 1. The van der Waals surface area contributed by atoms with E-state index in [9.17, 15) is 8.42 Å². The number of aryl methyl sites for hydroxylation is 1. The van der Waals surface area contributed by atoms with Crippen LogP contribution in [0.2, 0.25) is 0 Å². The Bertz CT molecular complexity index is 823. The molecule has 0 radical (unpaired) electrons. The number of rotatable bonds is 5. The highest BCUT2D eigenvalue weighted by atomic mass is 32.2. The summed E-state index contributed by atoms with van der Waals surface area (Å²) in [4.78, 5) is 0. The molecule has 2 aromatic heterocycles. The van der Waals surface area contributed by atoms with Gasteiger partial charge in [0.05, 0.1) is 35.9 Å². The van der Waals surface area contributed by atoms with E-state index in [-0.39, 0.29) is 17.9 Å². The fourth-order valence-corrected chi connectivity index (χ4v) is 4.11.